The van der Waals surface area contributed by atoms with Crippen LogP contribution in [0.2, 0.25) is 0 Å². The first-order valence-electron chi connectivity index (χ1n) is 7.27. The maximum Gasteiger partial charge on any atom is 0.219 e. The van der Waals surface area contributed by atoms with Crippen LogP contribution in [0, 0.1) is 0 Å². The molecule has 0 aromatic heterocycles. The molecule has 2 aliphatic rings. The van der Waals surface area contributed by atoms with Crippen molar-refractivity contribution in [3.63, 3.8) is 0 Å². The lowest BCUT2D eigenvalue weighted by Crippen LogP contribution is -2.46. The molecule has 2 N–H and O–H groups in total. The first-order chi connectivity index (χ1) is 9.13. The van der Waals surface area contributed by atoms with E-state index in [0.717, 1.165) is 6.54 Å². The Balaban J connectivity index is 1.97. The van der Waals surface area contributed by atoms with Gasteiger partial charge < -0.3 is 10.6 Å². The second kappa shape index (κ2) is 4.55. The van der Waals surface area contributed by atoms with Gasteiger partial charge in [0.15, 0.2) is 0 Å². The standard InChI is InChI=1S/C16H22N2O/c1-16-10-5-4-8-14(16)18(11-9-15(17)19)13-7-3-2-6-12(13)16/h2-3,6-7,14H,4-5,8-11H2,1H3,(H2,17,19)/t14-,16+/m1/s1. The van der Waals surface area contributed by atoms with Gasteiger partial charge in [-0.3, -0.25) is 4.79 Å². The highest BCUT2D eigenvalue weighted by Crippen LogP contribution is 2.51. The molecule has 1 aromatic rings. The number of anilines is 1. The number of primary amides is 1. The Bertz CT molecular complexity index is 499. The quantitative estimate of drug-likeness (QED) is 0.905. The molecule has 1 amide bonds. The summed E-state index contributed by atoms with van der Waals surface area (Å²) in [6.07, 6.45) is 5.53. The van der Waals surface area contributed by atoms with Crippen LogP contribution in [0.25, 0.3) is 0 Å². The zero-order valence-electron chi connectivity index (χ0n) is 11.6. The maximum atomic E-state index is 11.1. The monoisotopic (exact) mass is 258 g/mol. The molecule has 2 atom stereocenters. The average Bonchev–Trinajstić information content (AvgIpc) is 2.66. The van der Waals surface area contributed by atoms with Gasteiger partial charge in [0.2, 0.25) is 5.91 Å². The molecule has 1 saturated carbocycles. The van der Waals surface area contributed by atoms with E-state index in [9.17, 15) is 4.79 Å². The van der Waals surface area contributed by atoms with Gasteiger partial charge in [0.05, 0.1) is 0 Å². The molecule has 1 fully saturated rings. The summed E-state index contributed by atoms with van der Waals surface area (Å²) in [6.45, 7) is 3.15. The summed E-state index contributed by atoms with van der Waals surface area (Å²) < 4.78 is 0. The van der Waals surface area contributed by atoms with Crippen molar-refractivity contribution in [3.8, 4) is 0 Å². The van der Waals surface area contributed by atoms with Crippen LogP contribution in [0.1, 0.15) is 44.6 Å². The van der Waals surface area contributed by atoms with Gasteiger partial charge in [-0.25, -0.2) is 0 Å². The lowest BCUT2D eigenvalue weighted by atomic mass is 9.69. The third-order valence-corrected chi connectivity index (χ3v) is 4.96. The lowest BCUT2D eigenvalue weighted by molar-refractivity contribution is -0.117. The largest absolute Gasteiger partial charge is 0.370 e. The lowest BCUT2D eigenvalue weighted by Gasteiger charge is -2.40. The fraction of sp³-hybridized carbons (Fsp3) is 0.562. The summed E-state index contributed by atoms with van der Waals surface area (Å²) in [5, 5.41) is 0. The molecule has 1 aromatic carbocycles. The SMILES string of the molecule is C[C@@]12CCCC[C@H]1N(CCC(N)=O)c1ccccc12. The van der Waals surface area contributed by atoms with E-state index in [-0.39, 0.29) is 11.3 Å². The third kappa shape index (κ3) is 1.92. The van der Waals surface area contributed by atoms with Crippen molar-refractivity contribution in [2.45, 2.75) is 50.5 Å². The Labute approximate surface area is 114 Å². The zero-order chi connectivity index (χ0) is 13.5. The average molecular weight is 258 g/mol. The van der Waals surface area contributed by atoms with Gasteiger partial charge in [0.1, 0.15) is 0 Å². The van der Waals surface area contributed by atoms with Crippen molar-refractivity contribution in [1.29, 1.82) is 0 Å². The number of fused-ring (bicyclic) bond motifs is 3. The molecule has 1 aliphatic heterocycles. The first-order valence-corrected chi connectivity index (χ1v) is 7.27. The number of benzene rings is 1. The first kappa shape index (κ1) is 12.5. The molecule has 3 heteroatoms. The molecule has 102 valence electrons. The minimum Gasteiger partial charge on any atom is -0.370 e. The van der Waals surface area contributed by atoms with Gasteiger partial charge in [-0.15, -0.1) is 0 Å². The molecule has 0 spiro atoms. The highest BCUT2D eigenvalue weighted by Gasteiger charge is 2.48. The van der Waals surface area contributed by atoms with E-state index < -0.39 is 0 Å². The number of nitrogens with zero attached hydrogens (tertiary/aromatic N) is 1. The van der Waals surface area contributed by atoms with E-state index in [4.69, 9.17) is 5.73 Å². The van der Waals surface area contributed by atoms with E-state index in [0.29, 0.717) is 12.5 Å². The van der Waals surface area contributed by atoms with Gasteiger partial charge in [0.25, 0.3) is 0 Å². The van der Waals surface area contributed by atoms with Crippen LogP contribution in [0.15, 0.2) is 24.3 Å². The van der Waals surface area contributed by atoms with E-state index in [2.05, 4.69) is 36.1 Å². The number of hydrogen-bond acceptors (Lipinski definition) is 2. The Morgan fingerprint density at radius 2 is 2.21 bits per heavy atom. The van der Waals surface area contributed by atoms with Crippen LogP contribution in [0.5, 0.6) is 0 Å². The zero-order valence-corrected chi connectivity index (χ0v) is 11.6. The van der Waals surface area contributed by atoms with Crippen LogP contribution in [-0.4, -0.2) is 18.5 Å². The fourth-order valence-electron chi connectivity index (χ4n) is 4.01. The summed E-state index contributed by atoms with van der Waals surface area (Å²) in [4.78, 5) is 13.5. The van der Waals surface area contributed by atoms with E-state index in [1.165, 1.54) is 36.9 Å². The molecule has 3 nitrogen and oxygen atoms in total. The molecule has 0 saturated heterocycles. The second-order valence-corrected chi connectivity index (χ2v) is 6.11. The summed E-state index contributed by atoms with van der Waals surface area (Å²) in [5.74, 6) is -0.207. The van der Waals surface area contributed by atoms with Crippen molar-refractivity contribution >= 4 is 11.6 Å². The number of amides is 1. The van der Waals surface area contributed by atoms with Crippen LogP contribution in [-0.2, 0) is 10.2 Å². The molecule has 19 heavy (non-hydrogen) atoms. The molecule has 0 bridgehead atoms. The molecular weight excluding hydrogens is 236 g/mol. The van der Waals surface area contributed by atoms with Crippen LogP contribution in [0.3, 0.4) is 0 Å². The number of carbonyl (C=O) groups excluding carboxylic acids is 1. The number of carbonyl (C=O) groups is 1. The normalized spacial score (nSPS) is 28.9. The van der Waals surface area contributed by atoms with Gasteiger partial charge in [-0.1, -0.05) is 38.0 Å². The Morgan fingerprint density at radius 3 is 3.00 bits per heavy atom. The summed E-state index contributed by atoms with van der Waals surface area (Å²) >= 11 is 0. The number of hydrogen-bond donors (Lipinski definition) is 1. The Hall–Kier alpha value is -1.51. The minimum atomic E-state index is -0.207. The summed E-state index contributed by atoms with van der Waals surface area (Å²) in [5.41, 5.74) is 8.36. The minimum absolute atomic E-state index is 0.207. The second-order valence-electron chi connectivity index (χ2n) is 6.11. The van der Waals surface area contributed by atoms with Crippen molar-refractivity contribution in [2.24, 2.45) is 5.73 Å². The van der Waals surface area contributed by atoms with E-state index in [1.807, 2.05) is 0 Å². The van der Waals surface area contributed by atoms with Gasteiger partial charge in [-0.2, -0.15) is 0 Å². The van der Waals surface area contributed by atoms with E-state index in [1.54, 1.807) is 0 Å². The van der Waals surface area contributed by atoms with Crippen molar-refractivity contribution < 1.29 is 4.79 Å². The van der Waals surface area contributed by atoms with Gasteiger partial charge >= 0.3 is 0 Å². The highest BCUT2D eigenvalue weighted by molar-refractivity contribution is 5.75. The molecular formula is C16H22N2O. The Morgan fingerprint density at radius 1 is 1.42 bits per heavy atom. The maximum absolute atomic E-state index is 11.1. The molecule has 1 heterocycles. The van der Waals surface area contributed by atoms with E-state index >= 15 is 0 Å². The number of rotatable bonds is 3. The smallest absolute Gasteiger partial charge is 0.219 e. The van der Waals surface area contributed by atoms with Crippen LogP contribution >= 0.6 is 0 Å². The molecule has 0 unspecified atom stereocenters. The van der Waals surface area contributed by atoms with Crippen LogP contribution in [0.4, 0.5) is 5.69 Å². The van der Waals surface area contributed by atoms with Crippen molar-refractivity contribution in [2.75, 3.05) is 11.4 Å². The predicted molar refractivity (Wildman–Crippen MR) is 77.2 cm³/mol. The van der Waals surface area contributed by atoms with Gasteiger partial charge in [0, 0.05) is 30.1 Å². The van der Waals surface area contributed by atoms with Crippen molar-refractivity contribution in [1.82, 2.24) is 0 Å². The van der Waals surface area contributed by atoms with Gasteiger partial charge in [-0.05, 0) is 24.5 Å². The van der Waals surface area contributed by atoms with Crippen LogP contribution < -0.4 is 10.6 Å². The summed E-state index contributed by atoms with van der Waals surface area (Å²) in [6, 6.07) is 9.22. The molecule has 1 aliphatic carbocycles. The Kier molecular flexibility index (Phi) is 3.00. The highest BCUT2D eigenvalue weighted by atomic mass is 16.1. The number of para-hydroxylation sites is 1. The number of nitrogens with two attached hydrogens (primary N) is 1. The predicted octanol–water partition coefficient (Wildman–Crippen LogP) is 2.58. The fourth-order valence-corrected chi connectivity index (χ4v) is 4.01. The molecule has 0 radical (unpaired) electrons. The van der Waals surface area contributed by atoms with Crippen molar-refractivity contribution in [3.05, 3.63) is 29.8 Å². The summed E-state index contributed by atoms with van der Waals surface area (Å²) in [7, 11) is 0. The molecule has 3 rings (SSSR count). The topological polar surface area (TPSA) is 46.3 Å². The third-order valence-electron chi connectivity index (χ3n) is 4.96.